The fourth-order valence-electron chi connectivity index (χ4n) is 1.83. The first-order valence-electron chi connectivity index (χ1n) is 6.68. The number of carbonyl (C=O) groups is 1. The van der Waals surface area contributed by atoms with Gasteiger partial charge in [-0.3, -0.25) is 4.79 Å². The molecule has 2 aromatic heterocycles. The number of carbonyl (C=O) groups excluding carboxylic acids is 1. The maximum absolute atomic E-state index is 11.7. The molecule has 0 aromatic carbocycles. The molecule has 0 saturated carbocycles. The third-order valence-electron chi connectivity index (χ3n) is 3.04. The van der Waals surface area contributed by atoms with Crippen molar-refractivity contribution in [2.24, 2.45) is 0 Å². The van der Waals surface area contributed by atoms with Crippen molar-refractivity contribution in [1.82, 2.24) is 5.32 Å². The van der Waals surface area contributed by atoms with Gasteiger partial charge in [-0.25, -0.2) is 0 Å². The first-order valence-corrected chi connectivity index (χ1v) is 6.68. The predicted molar refractivity (Wildman–Crippen MR) is 78.5 cm³/mol. The second-order valence-electron chi connectivity index (χ2n) is 5.18. The first-order chi connectivity index (χ1) is 9.87. The number of aliphatic hydroxyl groups is 1. The third-order valence-corrected chi connectivity index (χ3v) is 3.04. The van der Waals surface area contributed by atoms with E-state index in [2.05, 4.69) is 5.32 Å². The highest BCUT2D eigenvalue weighted by molar-refractivity contribution is 5.91. The van der Waals surface area contributed by atoms with E-state index < -0.39 is 5.60 Å². The lowest BCUT2D eigenvalue weighted by atomic mass is 10.0. The molecule has 0 aliphatic carbocycles. The van der Waals surface area contributed by atoms with E-state index in [0.717, 1.165) is 5.76 Å². The summed E-state index contributed by atoms with van der Waals surface area (Å²) < 4.78 is 10.7. The molecule has 2 N–H and O–H groups in total. The van der Waals surface area contributed by atoms with Crippen LogP contribution in [0, 0.1) is 13.8 Å². The summed E-state index contributed by atoms with van der Waals surface area (Å²) in [4.78, 5) is 11.7. The normalized spacial score (nSPS) is 14.3. The van der Waals surface area contributed by atoms with Crippen molar-refractivity contribution in [2.45, 2.75) is 26.4 Å². The second-order valence-corrected chi connectivity index (χ2v) is 5.18. The minimum absolute atomic E-state index is 0.0559. The van der Waals surface area contributed by atoms with Crippen molar-refractivity contribution in [2.75, 3.05) is 6.54 Å². The molecular weight excluding hydrogens is 270 g/mol. The van der Waals surface area contributed by atoms with Gasteiger partial charge < -0.3 is 19.3 Å². The molecule has 0 aliphatic heterocycles. The Kier molecular flexibility index (Phi) is 4.33. The van der Waals surface area contributed by atoms with Crippen LogP contribution in [-0.4, -0.2) is 17.6 Å². The Balaban J connectivity index is 1.90. The highest BCUT2D eigenvalue weighted by Crippen LogP contribution is 2.21. The van der Waals surface area contributed by atoms with Crippen LogP contribution in [0.5, 0.6) is 0 Å². The van der Waals surface area contributed by atoms with Gasteiger partial charge in [0.25, 0.3) is 0 Å². The Morgan fingerprint density at radius 3 is 2.48 bits per heavy atom. The first kappa shape index (κ1) is 15.1. The molecule has 1 amide bonds. The Labute approximate surface area is 123 Å². The van der Waals surface area contributed by atoms with Gasteiger partial charge in [0.05, 0.1) is 6.54 Å². The van der Waals surface area contributed by atoms with E-state index in [1.54, 1.807) is 38.1 Å². The summed E-state index contributed by atoms with van der Waals surface area (Å²) in [6.07, 6.45) is 2.94. The van der Waals surface area contributed by atoms with Gasteiger partial charge in [0.1, 0.15) is 28.6 Å². The average molecular weight is 289 g/mol. The van der Waals surface area contributed by atoms with Crippen LogP contribution in [-0.2, 0) is 10.4 Å². The zero-order valence-electron chi connectivity index (χ0n) is 12.3. The SMILES string of the molecule is Cc1ccc(/C=C/C(=O)NCC(C)(O)c2ccc(C)o2)o1. The molecule has 1 unspecified atom stereocenters. The number of amides is 1. The molecule has 2 heterocycles. The van der Waals surface area contributed by atoms with Crippen LogP contribution >= 0.6 is 0 Å². The number of rotatable bonds is 5. The Hall–Kier alpha value is -2.27. The number of aryl methyl sites for hydroxylation is 2. The summed E-state index contributed by atoms with van der Waals surface area (Å²) in [7, 11) is 0. The van der Waals surface area contributed by atoms with E-state index >= 15 is 0 Å². The number of nitrogens with one attached hydrogen (secondary N) is 1. The van der Waals surface area contributed by atoms with Gasteiger partial charge in [-0.2, -0.15) is 0 Å². The van der Waals surface area contributed by atoms with Crippen LogP contribution in [0.1, 0.15) is 30.0 Å². The molecule has 0 spiro atoms. The van der Waals surface area contributed by atoms with Crippen molar-refractivity contribution in [1.29, 1.82) is 0 Å². The molecule has 0 aliphatic rings. The Bertz CT molecular complexity index is 649. The van der Waals surface area contributed by atoms with Gasteiger partial charge in [0.2, 0.25) is 5.91 Å². The average Bonchev–Trinajstić information content (AvgIpc) is 3.03. The Morgan fingerprint density at radius 2 is 1.90 bits per heavy atom. The minimum atomic E-state index is -1.25. The fourth-order valence-corrected chi connectivity index (χ4v) is 1.83. The van der Waals surface area contributed by atoms with Gasteiger partial charge in [-0.15, -0.1) is 0 Å². The molecule has 21 heavy (non-hydrogen) atoms. The van der Waals surface area contributed by atoms with Crippen molar-refractivity contribution in [3.63, 3.8) is 0 Å². The van der Waals surface area contributed by atoms with Crippen molar-refractivity contribution >= 4 is 12.0 Å². The number of hydrogen-bond acceptors (Lipinski definition) is 4. The lowest BCUT2D eigenvalue weighted by molar-refractivity contribution is -0.117. The summed E-state index contributed by atoms with van der Waals surface area (Å²) >= 11 is 0. The molecular formula is C16H19NO4. The third kappa shape index (κ3) is 4.10. The summed E-state index contributed by atoms with van der Waals surface area (Å²) in [6, 6.07) is 7.07. The van der Waals surface area contributed by atoms with Crippen molar-refractivity contribution < 1.29 is 18.7 Å². The fraction of sp³-hybridized carbons (Fsp3) is 0.312. The molecule has 112 valence electrons. The summed E-state index contributed by atoms with van der Waals surface area (Å²) in [5, 5.41) is 12.9. The number of hydrogen-bond donors (Lipinski definition) is 2. The zero-order chi connectivity index (χ0) is 15.5. The maximum Gasteiger partial charge on any atom is 0.244 e. The van der Waals surface area contributed by atoms with E-state index in [9.17, 15) is 9.90 Å². The van der Waals surface area contributed by atoms with Crippen LogP contribution in [0.15, 0.2) is 39.2 Å². The molecule has 5 nitrogen and oxygen atoms in total. The summed E-state index contributed by atoms with van der Waals surface area (Å²) in [5.41, 5.74) is -1.25. The van der Waals surface area contributed by atoms with Gasteiger partial charge in [0.15, 0.2) is 0 Å². The summed E-state index contributed by atoms with van der Waals surface area (Å²) in [5.74, 6) is 2.21. The quantitative estimate of drug-likeness (QED) is 0.829. The van der Waals surface area contributed by atoms with Crippen LogP contribution in [0.3, 0.4) is 0 Å². The molecule has 1 atom stereocenters. The van der Waals surface area contributed by atoms with E-state index in [1.807, 2.05) is 13.0 Å². The van der Waals surface area contributed by atoms with Crippen LogP contribution in [0.2, 0.25) is 0 Å². The predicted octanol–water partition coefficient (Wildman–Crippen LogP) is 2.53. The minimum Gasteiger partial charge on any atom is -0.463 e. The van der Waals surface area contributed by atoms with Gasteiger partial charge in [-0.05, 0) is 51.1 Å². The number of furan rings is 2. The molecule has 5 heteroatoms. The molecule has 2 aromatic rings. The molecule has 0 radical (unpaired) electrons. The van der Waals surface area contributed by atoms with E-state index in [1.165, 1.54) is 6.08 Å². The highest BCUT2D eigenvalue weighted by Gasteiger charge is 2.27. The second kappa shape index (κ2) is 6.01. The lowest BCUT2D eigenvalue weighted by Crippen LogP contribution is -2.37. The van der Waals surface area contributed by atoms with Crippen LogP contribution < -0.4 is 5.32 Å². The van der Waals surface area contributed by atoms with E-state index in [0.29, 0.717) is 17.3 Å². The smallest absolute Gasteiger partial charge is 0.244 e. The largest absolute Gasteiger partial charge is 0.463 e. The standard InChI is InChI=1S/C16H19NO4/c1-11-4-6-13(20-11)7-9-15(18)17-10-16(3,19)14-8-5-12(2)21-14/h4-9,19H,10H2,1-3H3,(H,17,18)/b9-7+. The maximum atomic E-state index is 11.7. The van der Waals surface area contributed by atoms with Crippen molar-refractivity contribution in [3.8, 4) is 0 Å². The van der Waals surface area contributed by atoms with Gasteiger partial charge in [-0.1, -0.05) is 0 Å². The molecule has 0 saturated heterocycles. The highest BCUT2D eigenvalue weighted by atomic mass is 16.4. The van der Waals surface area contributed by atoms with Gasteiger partial charge >= 0.3 is 0 Å². The monoisotopic (exact) mass is 289 g/mol. The molecule has 0 fully saturated rings. The lowest BCUT2D eigenvalue weighted by Gasteiger charge is -2.20. The van der Waals surface area contributed by atoms with Gasteiger partial charge in [0, 0.05) is 6.08 Å². The Morgan fingerprint density at radius 1 is 1.24 bits per heavy atom. The van der Waals surface area contributed by atoms with Crippen LogP contribution in [0.4, 0.5) is 0 Å². The van der Waals surface area contributed by atoms with Crippen molar-refractivity contribution in [3.05, 3.63) is 53.4 Å². The van der Waals surface area contributed by atoms with E-state index in [4.69, 9.17) is 8.83 Å². The summed E-state index contributed by atoms with van der Waals surface area (Å²) in [6.45, 7) is 5.28. The molecule has 2 rings (SSSR count). The zero-order valence-corrected chi connectivity index (χ0v) is 12.3. The van der Waals surface area contributed by atoms with Crippen LogP contribution in [0.25, 0.3) is 6.08 Å². The topological polar surface area (TPSA) is 75.6 Å². The van der Waals surface area contributed by atoms with E-state index in [-0.39, 0.29) is 12.5 Å². The molecule has 0 bridgehead atoms.